The van der Waals surface area contributed by atoms with Gasteiger partial charge in [-0.1, -0.05) is 6.07 Å². The normalized spacial score (nSPS) is 10.3. The number of hydrogen-bond acceptors (Lipinski definition) is 2. The lowest BCUT2D eigenvalue weighted by Crippen LogP contribution is -1.93. The molecule has 98 valence electrons. The van der Waals surface area contributed by atoms with Gasteiger partial charge in [-0.3, -0.25) is 4.79 Å². The highest BCUT2D eigenvalue weighted by molar-refractivity contribution is 5.75. The van der Waals surface area contributed by atoms with Gasteiger partial charge in [0, 0.05) is 11.6 Å². The lowest BCUT2D eigenvalue weighted by Gasteiger charge is -2.12. The summed E-state index contributed by atoms with van der Waals surface area (Å²) in [4.78, 5) is 10.7. The molecule has 0 radical (unpaired) electrons. The number of ether oxygens (including phenoxy) is 1. The summed E-state index contributed by atoms with van der Waals surface area (Å²) in [5, 5.41) is 0. The molecule has 0 heterocycles. The summed E-state index contributed by atoms with van der Waals surface area (Å²) < 4.78 is 19.0. The second-order valence-electron chi connectivity index (χ2n) is 4.65. The van der Waals surface area contributed by atoms with Gasteiger partial charge in [-0.2, -0.15) is 0 Å². The van der Waals surface area contributed by atoms with E-state index in [1.807, 2.05) is 26.8 Å². The molecule has 3 heteroatoms. The Labute approximate surface area is 111 Å². The number of aryl methyl sites for hydroxylation is 2. The van der Waals surface area contributed by atoms with Crippen LogP contribution in [0.3, 0.4) is 0 Å². The van der Waals surface area contributed by atoms with Crippen LogP contribution >= 0.6 is 0 Å². The highest BCUT2D eigenvalue weighted by Crippen LogP contribution is 2.29. The first-order valence-corrected chi connectivity index (χ1v) is 6.01. The number of aldehydes is 1. The minimum Gasteiger partial charge on any atom is -0.457 e. The molecular formula is C16H15FO2. The van der Waals surface area contributed by atoms with E-state index >= 15 is 0 Å². The quantitative estimate of drug-likeness (QED) is 0.765. The zero-order chi connectivity index (χ0) is 14.0. The van der Waals surface area contributed by atoms with E-state index < -0.39 is 5.82 Å². The number of hydrogen-bond donors (Lipinski definition) is 0. The van der Waals surface area contributed by atoms with Crippen molar-refractivity contribution in [1.29, 1.82) is 0 Å². The van der Waals surface area contributed by atoms with Crippen LogP contribution in [-0.2, 0) is 0 Å². The summed E-state index contributed by atoms with van der Waals surface area (Å²) in [7, 11) is 0. The number of rotatable bonds is 3. The Balaban J connectivity index is 2.41. The molecule has 0 saturated heterocycles. The average Bonchev–Trinajstić information content (AvgIpc) is 2.34. The van der Waals surface area contributed by atoms with Crippen molar-refractivity contribution in [3.63, 3.8) is 0 Å². The third-order valence-corrected chi connectivity index (χ3v) is 3.02. The molecule has 0 saturated carbocycles. The monoisotopic (exact) mass is 258 g/mol. The van der Waals surface area contributed by atoms with Gasteiger partial charge in [0.15, 0.2) is 0 Å². The van der Waals surface area contributed by atoms with Crippen LogP contribution < -0.4 is 4.74 Å². The Kier molecular flexibility index (Phi) is 3.65. The molecule has 2 rings (SSSR count). The van der Waals surface area contributed by atoms with E-state index in [-0.39, 0.29) is 5.56 Å². The van der Waals surface area contributed by atoms with Gasteiger partial charge in [-0.05, 0) is 55.7 Å². The largest absolute Gasteiger partial charge is 0.457 e. The maximum atomic E-state index is 13.3. The standard InChI is InChI=1S/C16H15FO2/c1-10-4-11(2)12(3)16(5-10)19-15-7-13(9-18)6-14(17)8-15/h4-9H,1-3H3. The minimum absolute atomic E-state index is 0.261. The molecular weight excluding hydrogens is 243 g/mol. The van der Waals surface area contributed by atoms with Gasteiger partial charge in [0.1, 0.15) is 23.6 Å². The van der Waals surface area contributed by atoms with Gasteiger partial charge in [-0.15, -0.1) is 0 Å². The van der Waals surface area contributed by atoms with Crippen molar-refractivity contribution in [2.45, 2.75) is 20.8 Å². The van der Waals surface area contributed by atoms with Crippen molar-refractivity contribution in [3.05, 3.63) is 58.4 Å². The predicted molar refractivity (Wildman–Crippen MR) is 72.5 cm³/mol. The minimum atomic E-state index is -0.485. The number of halogens is 1. The first-order valence-electron chi connectivity index (χ1n) is 6.01. The third kappa shape index (κ3) is 2.99. The number of carbonyl (C=O) groups is 1. The van der Waals surface area contributed by atoms with Gasteiger partial charge in [-0.25, -0.2) is 4.39 Å². The molecule has 0 aliphatic heterocycles. The molecule has 2 aromatic carbocycles. The van der Waals surface area contributed by atoms with Crippen LogP contribution in [0.25, 0.3) is 0 Å². The van der Waals surface area contributed by atoms with E-state index in [1.165, 1.54) is 18.2 Å². The maximum absolute atomic E-state index is 13.3. The van der Waals surface area contributed by atoms with Crippen molar-refractivity contribution < 1.29 is 13.9 Å². The molecule has 2 aromatic rings. The fraction of sp³-hybridized carbons (Fsp3) is 0.188. The summed E-state index contributed by atoms with van der Waals surface area (Å²) in [6.45, 7) is 5.92. The van der Waals surface area contributed by atoms with Crippen LogP contribution in [0.4, 0.5) is 4.39 Å². The van der Waals surface area contributed by atoms with Crippen molar-refractivity contribution in [2.75, 3.05) is 0 Å². The summed E-state index contributed by atoms with van der Waals surface area (Å²) in [6.07, 6.45) is 0.601. The molecule has 0 spiro atoms. The van der Waals surface area contributed by atoms with E-state index in [9.17, 15) is 9.18 Å². The Bertz CT molecular complexity index is 633. The van der Waals surface area contributed by atoms with Gasteiger partial charge in [0.05, 0.1) is 0 Å². The smallest absolute Gasteiger partial charge is 0.150 e. The fourth-order valence-electron chi connectivity index (χ4n) is 1.95. The van der Waals surface area contributed by atoms with E-state index in [4.69, 9.17) is 4.74 Å². The van der Waals surface area contributed by atoms with E-state index in [0.717, 1.165) is 16.7 Å². The highest BCUT2D eigenvalue weighted by Gasteiger charge is 2.07. The lowest BCUT2D eigenvalue weighted by atomic mass is 10.1. The second kappa shape index (κ2) is 5.22. The molecule has 0 aliphatic rings. The van der Waals surface area contributed by atoms with Crippen LogP contribution in [0.5, 0.6) is 11.5 Å². The van der Waals surface area contributed by atoms with Crippen LogP contribution in [0, 0.1) is 26.6 Å². The van der Waals surface area contributed by atoms with Gasteiger partial charge >= 0.3 is 0 Å². The van der Waals surface area contributed by atoms with Crippen LogP contribution in [0.1, 0.15) is 27.0 Å². The first kappa shape index (κ1) is 13.3. The maximum Gasteiger partial charge on any atom is 0.150 e. The molecule has 19 heavy (non-hydrogen) atoms. The van der Waals surface area contributed by atoms with Crippen LogP contribution in [0.2, 0.25) is 0 Å². The molecule has 0 N–H and O–H groups in total. The average molecular weight is 258 g/mol. The highest BCUT2D eigenvalue weighted by atomic mass is 19.1. The van der Waals surface area contributed by atoms with E-state index in [0.29, 0.717) is 17.8 Å². The van der Waals surface area contributed by atoms with Crippen molar-refractivity contribution in [2.24, 2.45) is 0 Å². The Morgan fingerprint density at radius 3 is 2.47 bits per heavy atom. The van der Waals surface area contributed by atoms with Gasteiger partial charge in [0.25, 0.3) is 0 Å². The van der Waals surface area contributed by atoms with E-state index in [1.54, 1.807) is 0 Å². The zero-order valence-electron chi connectivity index (χ0n) is 11.2. The molecule has 0 amide bonds. The molecule has 0 fully saturated rings. The molecule has 0 atom stereocenters. The van der Waals surface area contributed by atoms with Crippen molar-refractivity contribution in [1.82, 2.24) is 0 Å². The predicted octanol–water partition coefficient (Wildman–Crippen LogP) is 4.36. The Morgan fingerprint density at radius 1 is 1.05 bits per heavy atom. The summed E-state index contributed by atoms with van der Waals surface area (Å²) in [5.74, 6) is 0.525. The first-order chi connectivity index (χ1) is 8.99. The molecule has 2 nitrogen and oxygen atoms in total. The van der Waals surface area contributed by atoms with E-state index in [2.05, 4.69) is 6.07 Å². The van der Waals surface area contributed by atoms with Crippen molar-refractivity contribution in [3.8, 4) is 11.5 Å². The van der Waals surface area contributed by atoms with Crippen LogP contribution in [-0.4, -0.2) is 6.29 Å². The molecule has 0 aromatic heterocycles. The SMILES string of the molecule is Cc1cc(C)c(C)c(Oc2cc(F)cc(C=O)c2)c1. The molecule has 0 unspecified atom stereocenters. The lowest BCUT2D eigenvalue weighted by molar-refractivity contribution is 0.112. The Morgan fingerprint density at radius 2 is 1.79 bits per heavy atom. The number of benzene rings is 2. The Hall–Kier alpha value is -2.16. The van der Waals surface area contributed by atoms with Crippen molar-refractivity contribution >= 4 is 6.29 Å². The van der Waals surface area contributed by atoms with Gasteiger partial charge in [0.2, 0.25) is 0 Å². The number of carbonyl (C=O) groups excluding carboxylic acids is 1. The van der Waals surface area contributed by atoms with Crippen LogP contribution in [0.15, 0.2) is 30.3 Å². The summed E-state index contributed by atoms with van der Waals surface area (Å²) >= 11 is 0. The zero-order valence-corrected chi connectivity index (χ0v) is 11.2. The second-order valence-corrected chi connectivity index (χ2v) is 4.65. The third-order valence-electron chi connectivity index (χ3n) is 3.02. The summed E-state index contributed by atoms with van der Waals surface area (Å²) in [6, 6.07) is 7.92. The molecule has 0 bridgehead atoms. The molecule has 0 aliphatic carbocycles. The summed E-state index contributed by atoms with van der Waals surface area (Å²) in [5.41, 5.74) is 3.45. The van der Waals surface area contributed by atoms with Gasteiger partial charge < -0.3 is 4.74 Å². The fourth-order valence-corrected chi connectivity index (χ4v) is 1.95. The topological polar surface area (TPSA) is 26.3 Å².